The number of nitrogens with one attached hydrogen (secondary N) is 1. The molecule has 0 atom stereocenters. The minimum Gasteiger partial charge on any atom is -0.497 e. The van der Waals surface area contributed by atoms with Gasteiger partial charge in [-0.2, -0.15) is 0 Å². The van der Waals surface area contributed by atoms with Gasteiger partial charge >= 0.3 is 6.09 Å². The quantitative estimate of drug-likeness (QED) is 0.905. The highest BCUT2D eigenvalue weighted by atomic mass is 35.5. The Morgan fingerprint density at radius 2 is 2.05 bits per heavy atom. The van der Waals surface area contributed by atoms with E-state index in [0.29, 0.717) is 26.5 Å². The van der Waals surface area contributed by atoms with Crippen LogP contribution in [0.15, 0.2) is 18.2 Å². The number of carbonyl (C=O) groups is 1. The standard InChI is InChI=1S/C14H16ClN3O3S/c1-14(2,3)21-13(19)16-12-18-17-11(22-12)9-7-8(20-4)5-6-10(9)15/h5-7H,1-4H3,(H,16,18,19). The van der Waals surface area contributed by atoms with Gasteiger partial charge in [-0.3, -0.25) is 5.32 Å². The van der Waals surface area contributed by atoms with E-state index in [2.05, 4.69) is 15.5 Å². The van der Waals surface area contributed by atoms with Crippen molar-refractivity contribution < 1.29 is 14.3 Å². The maximum Gasteiger partial charge on any atom is 0.414 e. The molecule has 1 amide bonds. The van der Waals surface area contributed by atoms with Crippen molar-refractivity contribution in [3.63, 3.8) is 0 Å². The summed E-state index contributed by atoms with van der Waals surface area (Å²) in [6.45, 7) is 5.36. The first-order valence-electron chi connectivity index (χ1n) is 6.46. The predicted octanol–water partition coefficient (Wildman–Crippen LogP) is 4.21. The molecule has 2 aromatic rings. The highest BCUT2D eigenvalue weighted by Gasteiger charge is 2.18. The van der Waals surface area contributed by atoms with E-state index in [4.69, 9.17) is 21.1 Å². The number of hydrogen-bond acceptors (Lipinski definition) is 6. The van der Waals surface area contributed by atoms with E-state index in [9.17, 15) is 4.79 Å². The average molecular weight is 342 g/mol. The Balaban J connectivity index is 2.16. The van der Waals surface area contributed by atoms with E-state index in [1.807, 2.05) is 0 Å². The summed E-state index contributed by atoms with van der Waals surface area (Å²) in [5.74, 6) is 0.663. The lowest BCUT2D eigenvalue weighted by Gasteiger charge is -2.18. The Hall–Kier alpha value is -1.86. The van der Waals surface area contributed by atoms with E-state index in [0.717, 1.165) is 0 Å². The molecule has 0 radical (unpaired) electrons. The summed E-state index contributed by atoms with van der Waals surface area (Å²) in [5, 5.41) is 11.9. The van der Waals surface area contributed by atoms with Crippen molar-refractivity contribution in [3.8, 4) is 16.3 Å². The van der Waals surface area contributed by atoms with Gasteiger partial charge in [0.25, 0.3) is 0 Å². The summed E-state index contributed by atoms with van der Waals surface area (Å²) in [4.78, 5) is 11.7. The smallest absolute Gasteiger partial charge is 0.414 e. The van der Waals surface area contributed by atoms with Crippen LogP contribution in [0, 0.1) is 0 Å². The number of anilines is 1. The lowest BCUT2D eigenvalue weighted by atomic mass is 10.2. The molecule has 1 aromatic heterocycles. The second kappa shape index (κ2) is 6.50. The second-order valence-corrected chi connectivity index (χ2v) is 6.77. The van der Waals surface area contributed by atoms with Crippen LogP contribution < -0.4 is 10.1 Å². The molecule has 1 N–H and O–H groups in total. The number of benzene rings is 1. The Morgan fingerprint density at radius 1 is 1.32 bits per heavy atom. The molecular weight excluding hydrogens is 326 g/mol. The number of methoxy groups -OCH3 is 1. The molecule has 0 saturated carbocycles. The number of nitrogens with zero attached hydrogens (tertiary/aromatic N) is 2. The number of rotatable bonds is 3. The molecule has 22 heavy (non-hydrogen) atoms. The fourth-order valence-corrected chi connectivity index (χ4v) is 2.59. The SMILES string of the molecule is COc1ccc(Cl)c(-c2nnc(NC(=O)OC(C)(C)C)s2)c1. The third kappa shape index (κ3) is 4.32. The number of hydrogen-bond donors (Lipinski definition) is 1. The number of halogens is 1. The Morgan fingerprint density at radius 3 is 2.68 bits per heavy atom. The van der Waals surface area contributed by atoms with Crippen LogP contribution in [0.3, 0.4) is 0 Å². The summed E-state index contributed by atoms with van der Waals surface area (Å²) in [6, 6.07) is 5.24. The van der Waals surface area contributed by atoms with Crippen molar-refractivity contribution in [2.45, 2.75) is 26.4 Å². The zero-order chi connectivity index (χ0) is 16.3. The van der Waals surface area contributed by atoms with Crippen LogP contribution in [-0.2, 0) is 4.74 Å². The van der Waals surface area contributed by atoms with Gasteiger partial charge in [-0.15, -0.1) is 10.2 Å². The third-order valence-electron chi connectivity index (χ3n) is 2.44. The van der Waals surface area contributed by atoms with E-state index < -0.39 is 11.7 Å². The lowest BCUT2D eigenvalue weighted by Crippen LogP contribution is -2.27. The fraction of sp³-hybridized carbons (Fsp3) is 0.357. The molecule has 0 unspecified atom stereocenters. The average Bonchev–Trinajstić information content (AvgIpc) is 2.85. The van der Waals surface area contributed by atoms with Gasteiger partial charge in [0.2, 0.25) is 5.13 Å². The Labute approximate surface area is 137 Å². The lowest BCUT2D eigenvalue weighted by molar-refractivity contribution is 0.0636. The van der Waals surface area contributed by atoms with Crippen LogP contribution in [0.1, 0.15) is 20.8 Å². The van der Waals surface area contributed by atoms with Crippen LogP contribution in [0.4, 0.5) is 9.93 Å². The predicted molar refractivity (Wildman–Crippen MR) is 86.8 cm³/mol. The number of aromatic nitrogens is 2. The van der Waals surface area contributed by atoms with Crippen molar-refractivity contribution in [1.82, 2.24) is 10.2 Å². The van der Waals surface area contributed by atoms with Gasteiger partial charge in [0.1, 0.15) is 11.4 Å². The molecule has 0 spiro atoms. The highest BCUT2D eigenvalue weighted by Crippen LogP contribution is 2.34. The molecule has 8 heteroatoms. The molecule has 0 bridgehead atoms. The molecule has 1 aromatic carbocycles. The minimum absolute atomic E-state index is 0.336. The van der Waals surface area contributed by atoms with Crippen molar-refractivity contribution in [2.24, 2.45) is 0 Å². The molecule has 0 saturated heterocycles. The van der Waals surface area contributed by atoms with E-state index in [-0.39, 0.29) is 0 Å². The van der Waals surface area contributed by atoms with Crippen molar-refractivity contribution in [2.75, 3.05) is 12.4 Å². The van der Waals surface area contributed by atoms with Gasteiger partial charge in [0.15, 0.2) is 5.01 Å². The zero-order valence-corrected chi connectivity index (χ0v) is 14.2. The molecule has 2 rings (SSSR count). The van der Waals surface area contributed by atoms with Crippen LogP contribution >= 0.6 is 22.9 Å². The number of carbonyl (C=O) groups excluding carboxylic acids is 1. The van der Waals surface area contributed by atoms with Crippen molar-refractivity contribution in [1.29, 1.82) is 0 Å². The van der Waals surface area contributed by atoms with Crippen LogP contribution in [0.2, 0.25) is 5.02 Å². The van der Waals surface area contributed by atoms with Gasteiger partial charge in [-0.1, -0.05) is 22.9 Å². The van der Waals surface area contributed by atoms with E-state index in [1.54, 1.807) is 46.1 Å². The first-order valence-corrected chi connectivity index (χ1v) is 7.65. The first kappa shape index (κ1) is 16.5. The molecule has 0 aliphatic heterocycles. The largest absolute Gasteiger partial charge is 0.497 e. The number of amides is 1. The van der Waals surface area contributed by atoms with Gasteiger partial charge in [0, 0.05) is 5.56 Å². The summed E-state index contributed by atoms with van der Waals surface area (Å²) >= 11 is 7.36. The summed E-state index contributed by atoms with van der Waals surface area (Å²) in [6.07, 6.45) is -0.577. The zero-order valence-electron chi connectivity index (χ0n) is 12.6. The molecule has 118 valence electrons. The minimum atomic E-state index is -0.577. The topological polar surface area (TPSA) is 73.3 Å². The number of ether oxygens (including phenoxy) is 2. The normalized spacial score (nSPS) is 11.1. The van der Waals surface area contributed by atoms with Gasteiger partial charge < -0.3 is 9.47 Å². The molecule has 0 aliphatic rings. The van der Waals surface area contributed by atoms with Crippen LogP contribution in [0.25, 0.3) is 10.6 Å². The fourth-order valence-electron chi connectivity index (χ4n) is 1.57. The van der Waals surface area contributed by atoms with Gasteiger partial charge in [-0.25, -0.2) is 4.79 Å². The Bertz CT molecular complexity index is 682. The van der Waals surface area contributed by atoms with E-state index in [1.165, 1.54) is 11.3 Å². The third-order valence-corrected chi connectivity index (χ3v) is 3.64. The van der Waals surface area contributed by atoms with Crippen molar-refractivity contribution in [3.05, 3.63) is 23.2 Å². The monoisotopic (exact) mass is 341 g/mol. The molecule has 0 fully saturated rings. The maximum atomic E-state index is 11.7. The summed E-state index contributed by atoms with van der Waals surface area (Å²) in [7, 11) is 1.57. The van der Waals surface area contributed by atoms with Crippen LogP contribution in [-0.4, -0.2) is 29.0 Å². The van der Waals surface area contributed by atoms with Crippen molar-refractivity contribution >= 4 is 34.2 Å². The van der Waals surface area contributed by atoms with Gasteiger partial charge in [-0.05, 0) is 39.0 Å². The first-order chi connectivity index (χ1) is 10.3. The molecule has 0 aliphatic carbocycles. The Kier molecular flexibility index (Phi) is 4.87. The molecular formula is C14H16ClN3O3S. The maximum absolute atomic E-state index is 11.7. The second-order valence-electron chi connectivity index (χ2n) is 5.39. The highest BCUT2D eigenvalue weighted by molar-refractivity contribution is 7.18. The molecule has 1 heterocycles. The van der Waals surface area contributed by atoms with Crippen LogP contribution in [0.5, 0.6) is 5.75 Å². The summed E-state index contributed by atoms with van der Waals surface area (Å²) < 4.78 is 10.3. The molecule has 6 nitrogen and oxygen atoms in total. The van der Waals surface area contributed by atoms with E-state index >= 15 is 0 Å². The summed E-state index contributed by atoms with van der Waals surface area (Å²) in [5.41, 5.74) is 0.115. The van der Waals surface area contributed by atoms with Gasteiger partial charge in [0.05, 0.1) is 12.1 Å².